The molecule has 3 atom stereocenters. The van der Waals surface area contributed by atoms with Gasteiger partial charge in [0.05, 0.1) is 11.0 Å². The van der Waals surface area contributed by atoms with Gasteiger partial charge in [-0.1, -0.05) is 26.7 Å². The maximum Gasteiger partial charge on any atom is 0.153 e. The maximum atomic E-state index is 12.2. The molecule has 3 unspecified atom stereocenters. The number of nitrogens with one attached hydrogen (secondary N) is 1. The molecular formula is C13H27NO2S. The molecule has 0 bridgehead atoms. The lowest BCUT2D eigenvalue weighted by molar-refractivity contribution is 0.381. The van der Waals surface area contributed by atoms with Gasteiger partial charge in [0.25, 0.3) is 0 Å². The smallest absolute Gasteiger partial charge is 0.153 e. The van der Waals surface area contributed by atoms with E-state index < -0.39 is 9.84 Å². The normalized spacial score (nSPS) is 27.9. The highest BCUT2D eigenvalue weighted by Crippen LogP contribution is 2.29. The average molecular weight is 261 g/mol. The molecular weight excluding hydrogens is 234 g/mol. The van der Waals surface area contributed by atoms with Crippen LogP contribution in [-0.2, 0) is 9.84 Å². The summed E-state index contributed by atoms with van der Waals surface area (Å²) in [6.07, 6.45) is 4.76. The summed E-state index contributed by atoms with van der Waals surface area (Å²) in [6, 6.07) is 0.302. The van der Waals surface area contributed by atoms with Gasteiger partial charge in [-0.3, -0.25) is 0 Å². The molecule has 0 aliphatic heterocycles. The van der Waals surface area contributed by atoms with Gasteiger partial charge in [-0.15, -0.1) is 0 Å². The molecule has 0 spiro atoms. The first kappa shape index (κ1) is 15.0. The zero-order valence-corrected chi connectivity index (χ0v) is 12.2. The first-order valence-corrected chi connectivity index (χ1v) is 8.62. The van der Waals surface area contributed by atoms with Crippen LogP contribution in [-0.4, -0.2) is 32.0 Å². The fourth-order valence-electron chi connectivity index (χ4n) is 2.66. The van der Waals surface area contributed by atoms with E-state index in [1.165, 1.54) is 6.42 Å². The molecule has 0 aromatic carbocycles. The third-order valence-electron chi connectivity index (χ3n) is 3.78. The molecule has 102 valence electrons. The Morgan fingerprint density at radius 3 is 2.65 bits per heavy atom. The minimum absolute atomic E-state index is 0.0694. The van der Waals surface area contributed by atoms with E-state index in [0.29, 0.717) is 17.7 Å². The van der Waals surface area contributed by atoms with E-state index in [4.69, 9.17) is 0 Å². The van der Waals surface area contributed by atoms with Crippen molar-refractivity contribution in [1.82, 2.24) is 5.32 Å². The van der Waals surface area contributed by atoms with Crippen LogP contribution in [0.2, 0.25) is 0 Å². The standard InChI is InChI=1S/C13H27NO2S/c1-4-14-12(3)8-9-17(15,16)13-7-5-6-11(2)10-13/h11-14H,4-10H2,1-3H3. The zero-order chi connectivity index (χ0) is 12.9. The second-order valence-electron chi connectivity index (χ2n) is 5.51. The summed E-state index contributed by atoms with van der Waals surface area (Å²) < 4.78 is 24.4. The van der Waals surface area contributed by atoms with Gasteiger partial charge in [-0.2, -0.15) is 0 Å². The Bertz CT molecular complexity index is 313. The molecule has 1 aliphatic carbocycles. The van der Waals surface area contributed by atoms with E-state index in [1.807, 2.05) is 6.92 Å². The summed E-state index contributed by atoms with van der Waals surface area (Å²) in [5, 5.41) is 3.20. The van der Waals surface area contributed by atoms with Crippen LogP contribution >= 0.6 is 0 Å². The molecule has 1 aliphatic rings. The highest BCUT2D eigenvalue weighted by molar-refractivity contribution is 7.92. The molecule has 1 saturated carbocycles. The van der Waals surface area contributed by atoms with Crippen LogP contribution in [0.1, 0.15) is 52.9 Å². The van der Waals surface area contributed by atoms with E-state index in [2.05, 4.69) is 19.2 Å². The lowest BCUT2D eigenvalue weighted by Crippen LogP contribution is -2.33. The molecule has 0 saturated heterocycles. The molecule has 3 nitrogen and oxygen atoms in total. The maximum absolute atomic E-state index is 12.2. The fourth-order valence-corrected chi connectivity index (χ4v) is 4.83. The van der Waals surface area contributed by atoms with E-state index in [9.17, 15) is 8.42 Å². The molecule has 1 N–H and O–H groups in total. The number of sulfone groups is 1. The van der Waals surface area contributed by atoms with Gasteiger partial charge in [-0.05, 0) is 38.6 Å². The Morgan fingerprint density at radius 1 is 1.35 bits per heavy atom. The molecule has 0 heterocycles. The van der Waals surface area contributed by atoms with Gasteiger partial charge in [-0.25, -0.2) is 8.42 Å². The van der Waals surface area contributed by atoms with Crippen molar-refractivity contribution < 1.29 is 8.42 Å². The van der Waals surface area contributed by atoms with Crippen molar-refractivity contribution in [3.63, 3.8) is 0 Å². The van der Waals surface area contributed by atoms with Gasteiger partial charge in [0.15, 0.2) is 9.84 Å². The monoisotopic (exact) mass is 261 g/mol. The molecule has 4 heteroatoms. The van der Waals surface area contributed by atoms with Crippen LogP contribution in [0.3, 0.4) is 0 Å². The van der Waals surface area contributed by atoms with Crippen molar-refractivity contribution >= 4 is 9.84 Å². The van der Waals surface area contributed by atoms with Gasteiger partial charge in [0, 0.05) is 6.04 Å². The van der Waals surface area contributed by atoms with Crippen LogP contribution in [0.4, 0.5) is 0 Å². The van der Waals surface area contributed by atoms with Gasteiger partial charge >= 0.3 is 0 Å². The van der Waals surface area contributed by atoms with Gasteiger partial charge < -0.3 is 5.32 Å². The first-order valence-electron chi connectivity index (χ1n) is 6.90. The Morgan fingerprint density at radius 2 is 2.06 bits per heavy atom. The summed E-state index contributed by atoms with van der Waals surface area (Å²) in [4.78, 5) is 0. The summed E-state index contributed by atoms with van der Waals surface area (Å²) in [5.41, 5.74) is 0. The minimum atomic E-state index is -2.87. The van der Waals surface area contributed by atoms with Crippen molar-refractivity contribution in [2.24, 2.45) is 5.92 Å². The molecule has 0 amide bonds. The first-order chi connectivity index (χ1) is 7.95. The largest absolute Gasteiger partial charge is 0.314 e. The van der Waals surface area contributed by atoms with Crippen LogP contribution in [0.25, 0.3) is 0 Å². The molecule has 1 fully saturated rings. The summed E-state index contributed by atoms with van der Waals surface area (Å²) >= 11 is 0. The van der Waals surface area contributed by atoms with E-state index in [0.717, 1.165) is 32.2 Å². The second-order valence-corrected chi connectivity index (χ2v) is 7.91. The second kappa shape index (κ2) is 6.74. The van der Waals surface area contributed by atoms with Crippen LogP contribution in [0, 0.1) is 5.92 Å². The summed E-state index contributed by atoms with van der Waals surface area (Å²) in [7, 11) is -2.87. The van der Waals surface area contributed by atoms with Crippen molar-refractivity contribution in [3.05, 3.63) is 0 Å². The SMILES string of the molecule is CCNC(C)CCS(=O)(=O)C1CCCC(C)C1. The molecule has 0 aromatic heterocycles. The minimum Gasteiger partial charge on any atom is -0.314 e. The topological polar surface area (TPSA) is 46.2 Å². The molecule has 17 heavy (non-hydrogen) atoms. The van der Waals surface area contributed by atoms with Crippen molar-refractivity contribution in [2.75, 3.05) is 12.3 Å². The third kappa shape index (κ3) is 4.96. The number of hydrogen-bond acceptors (Lipinski definition) is 3. The van der Waals surface area contributed by atoms with Crippen LogP contribution in [0.5, 0.6) is 0 Å². The van der Waals surface area contributed by atoms with E-state index >= 15 is 0 Å². The molecule has 0 aromatic rings. The van der Waals surface area contributed by atoms with Gasteiger partial charge in [0.2, 0.25) is 0 Å². The lowest BCUT2D eigenvalue weighted by atomic mass is 9.91. The Balaban J connectivity index is 2.44. The van der Waals surface area contributed by atoms with Crippen molar-refractivity contribution in [2.45, 2.75) is 64.2 Å². The van der Waals surface area contributed by atoms with E-state index in [1.54, 1.807) is 0 Å². The summed E-state index contributed by atoms with van der Waals surface area (Å²) in [6.45, 7) is 7.18. The third-order valence-corrected chi connectivity index (χ3v) is 6.03. The quantitative estimate of drug-likeness (QED) is 0.798. The Hall–Kier alpha value is -0.0900. The predicted octanol–water partition coefficient (Wildman–Crippen LogP) is 2.37. The number of rotatable bonds is 6. The summed E-state index contributed by atoms with van der Waals surface area (Å²) in [5.74, 6) is 0.924. The van der Waals surface area contributed by atoms with Crippen molar-refractivity contribution in [1.29, 1.82) is 0 Å². The predicted molar refractivity (Wildman–Crippen MR) is 73.0 cm³/mol. The van der Waals surface area contributed by atoms with E-state index in [-0.39, 0.29) is 5.25 Å². The highest BCUT2D eigenvalue weighted by Gasteiger charge is 2.29. The molecule has 0 radical (unpaired) electrons. The van der Waals surface area contributed by atoms with Crippen molar-refractivity contribution in [3.8, 4) is 0 Å². The number of hydrogen-bond donors (Lipinski definition) is 1. The average Bonchev–Trinajstić information content (AvgIpc) is 2.27. The zero-order valence-electron chi connectivity index (χ0n) is 11.4. The Kier molecular flexibility index (Phi) is 5.93. The fraction of sp³-hybridized carbons (Fsp3) is 1.00. The lowest BCUT2D eigenvalue weighted by Gasteiger charge is -2.27. The molecule has 1 rings (SSSR count). The van der Waals surface area contributed by atoms with Crippen LogP contribution < -0.4 is 5.32 Å². The highest BCUT2D eigenvalue weighted by atomic mass is 32.2. The van der Waals surface area contributed by atoms with Gasteiger partial charge in [0.1, 0.15) is 0 Å². The Labute approximate surface area is 106 Å². The van der Waals surface area contributed by atoms with Crippen LogP contribution in [0.15, 0.2) is 0 Å².